The average Bonchev–Trinajstić information content (AvgIpc) is 3.24. The maximum atomic E-state index is 6.45. The molecule has 4 aromatic carbocycles. The van der Waals surface area contributed by atoms with E-state index in [-0.39, 0.29) is 6.17 Å². The third kappa shape index (κ3) is 3.72. The average molecular weight is 439 g/mol. The number of methoxy groups -OCH3 is 1. The van der Waals surface area contributed by atoms with Crippen molar-refractivity contribution < 1.29 is 4.74 Å². The normalized spacial score (nSPS) is 14.9. The molecule has 0 saturated heterocycles. The zero-order valence-electron chi connectivity index (χ0n) is 17.7. The van der Waals surface area contributed by atoms with E-state index in [4.69, 9.17) is 16.3 Å². The van der Waals surface area contributed by atoms with Crippen LogP contribution in [0.3, 0.4) is 0 Å². The number of benzene rings is 4. The molecule has 0 radical (unpaired) electrons. The van der Waals surface area contributed by atoms with Crippen molar-refractivity contribution in [3.05, 3.63) is 119 Å². The van der Waals surface area contributed by atoms with E-state index in [0.717, 1.165) is 33.8 Å². The fourth-order valence-electron chi connectivity index (χ4n) is 4.26. The molecule has 1 unspecified atom stereocenters. The second-order valence-corrected chi connectivity index (χ2v) is 8.07. The molecule has 1 heterocycles. The lowest BCUT2D eigenvalue weighted by Gasteiger charge is -2.29. The molecule has 0 spiro atoms. The Hall–Kier alpha value is -3.69. The molecule has 0 bridgehead atoms. The number of hydrogen-bond acceptors (Lipinski definition) is 3. The van der Waals surface area contributed by atoms with Gasteiger partial charge in [-0.15, -0.1) is 0 Å². The van der Waals surface area contributed by atoms with Crippen LogP contribution in [0.4, 0.5) is 17.1 Å². The summed E-state index contributed by atoms with van der Waals surface area (Å²) < 4.78 is 5.19. The molecule has 32 heavy (non-hydrogen) atoms. The molecule has 1 aliphatic heterocycles. The molecule has 1 N–H and O–H groups in total. The van der Waals surface area contributed by atoms with Crippen molar-refractivity contribution >= 4 is 34.7 Å². The highest BCUT2D eigenvalue weighted by molar-refractivity contribution is 6.31. The molecular weight excluding hydrogens is 416 g/mol. The second kappa shape index (κ2) is 8.81. The molecule has 1 atom stereocenters. The minimum atomic E-state index is -0.0214. The van der Waals surface area contributed by atoms with Crippen LogP contribution >= 0.6 is 11.6 Å². The molecule has 0 fully saturated rings. The minimum Gasteiger partial charge on any atom is -0.504 e. The lowest BCUT2D eigenvalue weighted by atomic mass is 9.96. The first-order chi connectivity index (χ1) is 15.8. The molecule has 5 rings (SSSR count). The van der Waals surface area contributed by atoms with Crippen LogP contribution in [0, 0.1) is 0 Å². The molecular formula is C28H23ClN2O. The highest BCUT2D eigenvalue weighted by Crippen LogP contribution is 2.51. The summed E-state index contributed by atoms with van der Waals surface area (Å²) >= 11 is 6.45. The van der Waals surface area contributed by atoms with Gasteiger partial charge in [-0.3, -0.25) is 0 Å². The zero-order valence-corrected chi connectivity index (χ0v) is 18.5. The first-order valence-corrected chi connectivity index (χ1v) is 10.9. The van der Waals surface area contributed by atoms with Gasteiger partial charge in [0, 0.05) is 16.3 Å². The van der Waals surface area contributed by atoms with Gasteiger partial charge in [-0.1, -0.05) is 78.3 Å². The molecule has 0 amide bonds. The van der Waals surface area contributed by atoms with Crippen molar-refractivity contribution in [2.45, 2.75) is 6.17 Å². The highest BCUT2D eigenvalue weighted by atomic mass is 35.5. The number of nitrogens with one attached hydrogen (secondary N) is 1. The molecule has 4 heteroatoms. The van der Waals surface area contributed by atoms with Crippen LogP contribution in [-0.2, 0) is 4.74 Å². The lowest BCUT2D eigenvalue weighted by molar-refractivity contribution is 0.341. The summed E-state index contributed by atoms with van der Waals surface area (Å²) in [4.78, 5) is 2.37. The minimum absolute atomic E-state index is 0.0214. The van der Waals surface area contributed by atoms with E-state index in [1.54, 1.807) is 13.4 Å². The first-order valence-electron chi connectivity index (χ1n) is 10.5. The predicted octanol–water partition coefficient (Wildman–Crippen LogP) is 7.89. The third-order valence-electron chi connectivity index (χ3n) is 5.67. The highest BCUT2D eigenvalue weighted by Gasteiger charge is 2.33. The monoisotopic (exact) mass is 438 g/mol. The van der Waals surface area contributed by atoms with Gasteiger partial charge in [0.15, 0.2) is 0 Å². The van der Waals surface area contributed by atoms with Gasteiger partial charge in [-0.2, -0.15) is 0 Å². The van der Waals surface area contributed by atoms with Crippen LogP contribution in [0.5, 0.6) is 0 Å². The van der Waals surface area contributed by atoms with Crippen molar-refractivity contribution in [1.29, 1.82) is 0 Å². The van der Waals surface area contributed by atoms with E-state index in [9.17, 15) is 0 Å². The van der Waals surface area contributed by atoms with E-state index in [0.29, 0.717) is 5.02 Å². The number of hydrogen-bond donors (Lipinski definition) is 1. The molecule has 3 nitrogen and oxygen atoms in total. The Morgan fingerprint density at radius 1 is 0.844 bits per heavy atom. The third-order valence-corrected chi connectivity index (χ3v) is 5.90. The Morgan fingerprint density at radius 2 is 1.59 bits per heavy atom. The topological polar surface area (TPSA) is 24.5 Å². The number of para-hydroxylation sites is 2. The SMILES string of the molecule is CO/C=C\c1ccc(Cl)cc1-c1cccc2c1N(c1ccccc1)C(c1ccccc1)N2. The van der Waals surface area contributed by atoms with Crippen LogP contribution in [0.25, 0.3) is 17.2 Å². The van der Waals surface area contributed by atoms with E-state index in [2.05, 4.69) is 76.9 Å². The van der Waals surface area contributed by atoms with E-state index < -0.39 is 0 Å². The number of halogens is 1. The summed E-state index contributed by atoms with van der Waals surface area (Å²) in [5, 5.41) is 4.44. The van der Waals surface area contributed by atoms with Gasteiger partial charge in [0.25, 0.3) is 0 Å². The molecule has 158 valence electrons. The van der Waals surface area contributed by atoms with Crippen molar-refractivity contribution in [3.8, 4) is 11.1 Å². The maximum Gasteiger partial charge on any atom is 0.130 e. The van der Waals surface area contributed by atoms with Gasteiger partial charge in [-0.25, -0.2) is 0 Å². The standard InChI is InChI=1S/C28H23ClN2O/c1-32-18-17-20-15-16-22(29)19-25(20)24-13-8-14-26-27(24)31(23-11-6-3-7-12-23)28(30-26)21-9-4-2-5-10-21/h2-19,28,30H,1H3/b18-17-. The summed E-state index contributed by atoms with van der Waals surface area (Å²) in [6, 6.07) is 33.3. The Balaban J connectivity index is 1.73. The van der Waals surface area contributed by atoms with Crippen molar-refractivity contribution in [3.63, 3.8) is 0 Å². The number of anilines is 3. The van der Waals surface area contributed by atoms with E-state index in [1.807, 2.05) is 36.4 Å². The van der Waals surface area contributed by atoms with Crippen molar-refractivity contribution in [2.75, 3.05) is 17.3 Å². The fourth-order valence-corrected chi connectivity index (χ4v) is 4.43. The van der Waals surface area contributed by atoms with Gasteiger partial charge >= 0.3 is 0 Å². The Bertz CT molecular complexity index is 1260. The smallest absolute Gasteiger partial charge is 0.130 e. The van der Waals surface area contributed by atoms with Crippen molar-refractivity contribution in [2.24, 2.45) is 0 Å². The van der Waals surface area contributed by atoms with Crippen LogP contribution in [-0.4, -0.2) is 7.11 Å². The van der Waals surface area contributed by atoms with Gasteiger partial charge < -0.3 is 15.0 Å². The van der Waals surface area contributed by atoms with Gasteiger partial charge in [0.1, 0.15) is 6.17 Å². The lowest BCUT2D eigenvalue weighted by Crippen LogP contribution is -2.23. The van der Waals surface area contributed by atoms with Gasteiger partial charge in [-0.05, 0) is 53.1 Å². The fraction of sp³-hybridized carbons (Fsp3) is 0.0714. The molecule has 0 aliphatic carbocycles. The number of rotatable bonds is 5. The number of ether oxygens (including phenoxy) is 1. The van der Waals surface area contributed by atoms with Gasteiger partial charge in [0.05, 0.1) is 24.7 Å². The summed E-state index contributed by atoms with van der Waals surface area (Å²) in [6.07, 6.45) is 3.64. The Kier molecular flexibility index (Phi) is 5.57. The molecule has 0 aromatic heterocycles. The summed E-state index contributed by atoms with van der Waals surface area (Å²) in [7, 11) is 1.65. The maximum absolute atomic E-state index is 6.45. The van der Waals surface area contributed by atoms with Crippen molar-refractivity contribution in [1.82, 2.24) is 0 Å². The van der Waals surface area contributed by atoms with E-state index in [1.165, 1.54) is 5.56 Å². The van der Waals surface area contributed by atoms with Gasteiger partial charge in [0.2, 0.25) is 0 Å². The predicted molar refractivity (Wildman–Crippen MR) is 134 cm³/mol. The first kappa shape index (κ1) is 20.2. The van der Waals surface area contributed by atoms with E-state index >= 15 is 0 Å². The molecule has 1 aliphatic rings. The molecule has 4 aromatic rings. The summed E-state index contributed by atoms with van der Waals surface area (Å²) in [5.41, 5.74) is 7.74. The van der Waals surface area contributed by atoms with Crippen LogP contribution < -0.4 is 10.2 Å². The summed E-state index contributed by atoms with van der Waals surface area (Å²) in [5.74, 6) is 0. The quantitative estimate of drug-likeness (QED) is 0.320. The van der Waals surface area contributed by atoms with Crippen LogP contribution in [0.2, 0.25) is 5.02 Å². The summed E-state index contributed by atoms with van der Waals surface area (Å²) in [6.45, 7) is 0. The largest absolute Gasteiger partial charge is 0.504 e. The Labute approximate surface area is 193 Å². The van der Waals surface area contributed by atoms with Crippen LogP contribution in [0.15, 0.2) is 103 Å². The van der Waals surface area contributed by atoms with Crippen LogP contribution in [0.1, 0.15) is 17.3 Å². The Morgan fingerprint density at radius 3 is 2.34 bits per heavy atom. The number of nitrogens with zero attached hydrogens (tertiary/aromatic N) is 1. The second-order valence-electron chi connectivity index (χ2n) is 7.63. The number of fused-ring (bicyclic) bond motifs is 1. The molecule has 0 saturated carbocycles. The zero-order chi connectivity index (χ0) is 21.9.